The lowest BCUT2D eigenvalue weighted by Crippen LogP contribution is -2.18. The van der Waals surface area contributed by atoms with Gasteiger partial charge in [0.25, 0.3) is 0 Å². The van der Waals surface area contributed by atoms with Gasteiger partial charge < -0.3 is 5.32 Å². The monoisotopic (exact) mass is 143 g/mol. The van der Waals surface area contributed by atoms with Gasteiger partial charge in [0.15, 0.2) is 0 Å². The molecule has 52 valence electrons. The second-order valence-electron chi connectivity index (χ2n) is 2.12. The molecule has 1 unspecified atom stereocenters. The summed E-state index contributed by atoms with van der Waals surface area (Å²) in [4.78, 5) is 0. The summed E-state index contributed by atoms with van der Waals surface area (Å²) in [7, 11) is 0. The number of thioether (sulfide) groups is 1. The van der Waals surface area contributed by atoms with E-state index in [-0.39, 0.29) is 0 Å². The first-order valence-electron chi connectivity index (χ1n) is 3.39. The summed E-state index contributed by atoms with van der Waals surface area (Å²) < 4.78 is 0. The lowest BCUT2D eigenvalue weighted by atomic mass is 10.4. The molecule has 1 fully saturated rings. The molecule has 0 bridgehead atoms. The lowest BCUT2D eigenvalue weighted by Gasteiger charge is -2.03. The SMILES string of the molecule is C/C=C\CC1NCCS1. The maximum atomic E-state index is 3.40. The Hall–Kier alpha value is 0.0500. The summed E-state index contributed by atoms with van der Waals surface area (Å²) in [6.07, 6.45) is 5.51. The van der Waals surface area contributed by atoms with Gasteiger partial charge in [-0.25, -0.2) is 0 Å². The highest BCUT2D eigenvalue weighted by atomic mass is 32.2. The van der Waals surface area contributed by atoms with Crippen molar-refractivity contribution in [3.63, 3.8) is 0 Å². The van der Waals surface area contributed by atoms with Crippen molar-refractivity contribution in [2.24, 2.45) is 0 Å². The molecule has 1 rings (SSSR count). The minimum Gasteiger partial charge on any atom is -0.304 e. The predicted molar refractivity (Wildman–Crippen MR) is 43.7 cm³/mol. The average molecular weight is 143 g/mol. The molecule has 0 amide bonds. The third-order valence-electron chi connectivity index (χ3n) is 1.38. The lowest BCUT2D eigenvalue weighted by molar-refractivity contribution is 0.718. The molecule has 0 aromatic rings. The molecule has 0 radical (unpaired) electrons. The fourth-order valence-electron chi connectivity index (χ4n) is 0.891. The molecule has 1 heterocycles. The van der Waals surface area contributed by atoms with Gasteiger partial charge in [-0.15, -0.1) is 11.8 Å². The van der Waals surface area contributed by atoms with E-state index in [1.165, 1.54) is 18.7 Å². The van der Waals surface area contributed by atoms with Gasteiger partial charge in [0.05, 0.1) is 5.37 Å². The molecule has 1 N–H and O–H groups in total. The van der Waals surface area contributed by atoms with Crippen LogP contribution in [-0.4, -0.2) is 17.7 Å². The first-order valence-corrected chi connectivity index (χ1v) is 4.44. The van der Waals surface area contributed by atoms with Crippen molar-refractivity contribution in [2.75, 3.05) is 12.3 Å². The van der Waals surface area contributed by atoms with Gasteiger partial charge in [-0.3, -0.25) is 0 Å². The molecule has 0 aromatic carbocycles. The van der Waals surface area contributed by atoms with Crippen molar-refractivity contribution in [3.8, 4) is 0 Å². The zero-order valence-corrected chi connectivity index (χ0v) is 6.58. The van der Waals surface area contributed by atoms with Gasteiger partial charge in [0.2, 0.25) is 0 Å². The Kier molecular flexibility index (Phi) is 3.15. The molecule has 9 heavy (non-hydrogen) atoms. The van der Waals surface area contributed by atoms with Gasteiger partial charge in [0, 0.05) is 12.3 Å². The minimum absolute atomic E-state index is 0.696. The maximum absolute atomic E-state index is 3.40. The Morgan fingerprint density at radius 3 is 3.22 bits per heavy atom. The van der Waals surface area contributed by atoms with Gasteiger partial charge in [0.1, 0.15) is 0 Å². The van der Waals surface area contributed by atoms with Crippen LogP contribution in [0.4, 0.5) is 0 Å². The summed E-state index contributed by atoms with van der Waals surface area (Å²) >= 11 is 2.02. The zero-order chi connectivity index (χ0) is 6.53. The van der Waals surface area contributed by atoms with Crippen molar-refractivity contribution in [1.29, 1.82) is 0 Å². The van der Waals surface area contributed by atoms with E-state index in [4.69, 9.17) is 0 Å². The van der Waals surface area contributed by atoms with Gasteiger partial charge in [-0.1, -0.05) is 12.2 Å². The van der Waals surface area contributed by atoms with E-state index in [9.17, 15) is 0 Å². The number of allylic oxidation sites excluding steroid dienone is 1. The molecule has 1 nitrogen and oxygen atoms in total. The van der Waals surface area contributed by atoms with Crippen molar-refractivity contribution in [1.82, 2.24) is 5.32 Å². The molecule has 1 atom stereocenters. The van der Waals surface area contributed by atoms with Crippen LogP contribution in [0.5, 0.6) is 0 Å². The normalized spacial score (nSPS) is 27.9. The first kappa shape index (κ1) is 7.16. The molecule has 0 saturated carbocycles. The second-order valence-corrected chi connectivity index (χ2v) is 3.43. The molecule has 2 heteroatoms. The summed E-state index contributed by atoms with van der Waals surface area (Å²) in [5, 5.41) is 4.10. The zero-order valence-electron chi connectivity index (χ0n) is 5.76. The standard InChI is InChI=1S/C7H13NS/c1-2-3-4-7-8-5-6-9-7/h2-3,7-8H,4-6H2,1H3/b3-2-. The quantitative estimate of drug-likeness (QED) is 0.589. The Balaban J connectivity index is 2.11. The number of rotatable bonds is 2. The largest absolute Gasteiger partial charge is 0.304 e. The highest BCUT2D eigenvalue weighted by Crippen LogP contribution is 2.16. The molecule has 1 aliphatic rings. The summed E-state index contributed by atoms with van der Waals surface area (Å²) in [6.45, 7) is 3.26. The van der Waals surface area contributed by atoms with Crippen LogP contribution >= 0.6 is 11.8 Å². The van der Waals surface area contributed by atoms with Crippen LogP contribution in [0.3, 0.4) is 0 Å². The van der Waals surface area contributed by atoms with Gasteiger partial charge in [-0.05, 0) is 13.3 Å². The van der Waals surface area contributed by atoms with E-state index >= 15 is 0 Å². The third-order valence-corrected chi connectivity index (χ3v) is 2.58. The van der Waals surface area contributed by atoms with Gasteiger partial charge >= 0.3 is 0 Å². The summed E-state index contributed by atoms with van der Waals surface area (Å²) in [6, 6.07) is 0. The Labute approximate surface area is 60.9 Å². The second kappa shape index (κ2) is 3.96. The van der Waals surface area contributed by atoms with Crippen molar-refractivity contribution in [3.05, 3.63) is 12.2 Å². The van der Waals surface area contributed by atoms with Crippen LogP contribution in [0.1, 0.15) is 13.3 Å². The predicted octanol–water partition coefficient (Wildman–Crippen LogP) is 1.62. The average Bonchev–Trinajstić information content (AvgIpc) is 2.34. The molecule has 1 saturated heterocycles. The number of nitrogens with one attached hydrogen (secondary N) is 1. The fraction of sp³-hybridized carbons (Fsp3) is 0.714. The van der Waals surface area contributed by atoms with Crippen LogP contribution in [0, 0.1) is 0 Å². The van der Waals surface area contributed by atoms with Crippen LogP contribution in [-0.2, 0) is 0 Å². The highest BCUT2D eigenvalue weighted by molar-refractivity contribution is 8.00. The molecular weight excluding hydrogens is 130 g/mol. The molecular formula is C7H13NS. The van der Waals surface area contributed by atoms with E-state index in [0.29, 0.717) is 5.37 Å². The Bertz CT molecular complexity index is 95.1. The minimum atomic E-state index is 0.696. The maximum Gasteiger partial charge on any atom is 0.0567 e. The molecule has 0 spiro atoms. The highest BCUT2D eigenvalue weighted by Gasteiger charge is 2.11. The van der Waals surface area contributed by atoms with E-state index in [0.717, 1.165) is 0 Å². The van der Waals surface area contributed by atoms with Crippen LogP contribution < -0.4 is 5.32 Å². The first-order chi connectivity index (χ1) is 4.43. The van der Waals surface area contributed by atoms with E-state index in [1.54, 1.807) is 0 Å². The molecule has 0 aliphatic carbocycles. The topological polar surface area (TPSA) is 12.0 Å². The summed E-state index contributed by atoms with van der Waals surface area (Å²) in [5.41, 5.74) is 0. The smallest absolute Gasteiger partial charge is 0.0567 e. The van der Waals surface area contributed by atoms with Crippen LogP contribution in [0.25, 0.3) is 0 Å². The molecule has 1 aliphatic heterocycles. The fourth-order valence-corrected chi connectivity index (χ4v) is 1.89. The number of hydrogen-bond acceptors (Lipinski definition) is 2. The Morgan fingerprint density at radius 2 is 2.67 bits per heavy atom. The van der Waals surface area contributed by atoms with E-state index in [2.05, 4.69) is 24.4 Å². The van der Waals surface area contributed by atoms with E-state index < -0.39 is 0 Å². The van der Waals surface area contributed by atoms with E-state index in [1.807, 2.05) is 11.8 Å². The molecule has 0 aromatic heterocycles. The van der Waals surface area contributed by atoms with Crippen molar-refractivity contribution < 1.29 is 0 Å². The van der Waals surface area contributed by atoms with Gasteiger partial charge in [-0.2, -0.15) is 0 Å². The van der Waals surface area contributed by atoms with Crippen molar-refractivity contribution >= 4 is 11.8 Å². The Morgan fingerprint density at radius 1 is 1.78 bits per heavy atom. The number of hydrogen-bond donors (Lipinski definition) is 1. The van der Waals surface area contributed by atoms with Crippen LogP contribution in [0.2, 0.25) is 0 Å². The summed E-state index contributed by atoms with van der Waals surface area (Å²) in [5.74, 6) is 1.28. The van der Waals surface area contributed by atoms with Crippen molar-refractivity contribution in [2.45, 2.75) is 18.7 Å². The third kappa shape index (κ3) is 2.41. The van der Waals surface area contributed by atoms with Crippen LogP contribution in [0.15, 0.2) is 12.2 Å².